The molecular formula is C23H18BrCl2F7OS. The summed E-state index contributed by atoms with van der Waals surface area (Å²) in [7, 11) is 0. The fraction of sp³-hybridized carbons (Fsp3) is 0.348. The molecule has 1 nitrogen and oxygen atoms in total. The molecule has 0 aromatic heterocycles. The quantitative estimate of drug-likeness (QED) is 0.204. The van der Waals surface area contributed by atoms with Crippen LogP contribution >= 0.6 is 50.9 Å². The summed E-state index contributed by atoms with van der Waals surface area (Å²) in [4.78, 5) is 12.5. The smallest absolute Gasteiger partial charge is 0.294 e. The van der Waals surface area contributed by atoms with Gasteiger partial charge in [-0.15, -0.1) is 0 Å². The number of rotatable bonds is 9. The number of carbonyl (C=O) groups is 1. The summed E-state index contributed by atoms with van der Waals surface area (Å²) >= 11 is 15.4. The lowest BCUT2D eigenvalue weighted by molar-refractivity contribution is -0.139. The van der Waals surface area contributed by atoms with E-state index in [0.717, 1.165) is 18.2 Å². The van der Waals surface area contributed by atoms with Gasteiger partial charge in [-0.1, -0.05) is 58.2 Å². The average molecular weight is 626 g/mol. The number of hydrogen-bond donors (Lipinski definition) is 0. The first kappa shape index (κ1) is 30.0. The van der Waals surface area contributed by atoms with Crippen LogP contribution in [0, 0.1) is 5.92 Å². The lowest BCUT2D eigenvalue weighted by atomic mass is 9.96. The summed E-state index contributed by atoms with van der Waals surface area (Å²) in [5.74, 6) is -5.11. The van der Waals surface area contributed by atoms with Crippen molar-refractivity contribution in [2.45, 2.75) is 31.6 Å². The SMILES string of the molecule is C[C@H](CSCC(F)(F)F)CC(=O)c1ccc(/C(F)=C/C(c2ccc(Cl)c(Cl)c2)C(F)(F)F)cc1Br. The van der Waals surface area contributed by atoms with Crippen LogP contribution < -0.4 is 0 Å². The van der Waals surface area contributed by atoms with Gasteiger partial charge in [0.05, 0.1) is 15.8 Å². The fourth-order valence-corrected chi connectivity index (χ4v) is 4.86. The van der Waals surface area contributed by atoms with Crippen LogP contribution in [0.3, 0.4) is 0 Å². The highest BCUT2D eigenvalue weighted by atomic mass is 79.9. The Balaban J connectivity index is 2.20. The number of hydrogen-bond acceptors (Lipinski definition) is 2. The molecule has 2 aromatic rings. The van der Waals surface area contributed by atoms with Crippen LogP contribution in [0.15, 0.2) is 46.9 Å². The third-order valence-electron chi connectivity index (χ3n) is 4.72. The lowest BCUT2D eigenvalue weighted by Gasteiger charge is -2.18. The first-order valence-electron chi connectivity index (χ1n) is 9.95. The van der Waals surface area contributed by atoms with Crippen LogP contribution in [0.5, 0.6) is 0 Å². The lowest BCUT2D eigenvalue weighted by Crippen LogP contribution is -2.19. The summed E-state index contributed by atoms with van der Waals surface area (Å²) in [6, 6.07) is 6.88. The van der Waals surface area contributed by atoms with Gasteiger partial charge in [-0.3, -0.25) is 4.79 Å². The van der Waals surface area contributed by atoms with Gasteiger partial charge in [-0.2, -0.15) is 38.1 Å². The van der Waals surface area contributed by atoms with Crippen LogP contribution in [0.4, 0.5) is 30.7 Å². The predicted octanol–water partition coefficient (Wildman–Crippen LogP) is 9.92. The Labute approximate surface area is 220 Å². The third kappa shape index (κ3) is 9.30. The van der Waals surface area contributed by atoms with Gasteiger partial charge in [0.2, 0.25) is 0 Å². The Morgan fingerprint density at radius 1 is 1.06 bits per heavy atom. The van der Waals surface area contributed by atoms with E-state index in [9.17, 15) is 35.5 Å². The molecule has 0 amide bonds. The molecule has 0 heterocycles. The first-order valence-corrected chi connectivity index (χ1v) is 12.7. The van der Waals surface area contributed by atoms with Gasteiger partial charge in [0.1, 0.15) is 11.7 Å². The molecule has 35 heavy (non-hydrogen) atoms. The molecular weight excluding hydrogens is 608 g/mol. The number of allylic oxidation sites excluding steroid dienone is 1. The van der Waals surface area contributed by atoms with Gasteiger partial charge in [0, 0.05) is 22.0 Å². The highest BCUT2D eigenvalue weighted by Crippen LogP contribution is 2.40. The van der Waals surface area contributed by atoms with E-state index in [1.165, 1.54) is 18.2 Å². The topological polar surface area (TPSA) is 17.1 Å². The maximum Gasteiger partial charge on any atom is 0.399 e. The van der Waals surface area contributed by atoms with Crippen molar-refractivity contribution in [1.82, 2.24) is 0 Å². The molecule has 0 fully saturated rings. The Morgan fingerprint density at radius 3 is 2.26 bits per heavy atom. The van der Waals surface area contributed by atoms with E-state index in [2.05, 4.69) is 15.9 Å². The van der Waals surface area contributed by atoms with Crippen LogP contribution in [0.25, 0.3) is 5.83 Å². The van der Waals surface area contributed by atoms with E-state index in [-0.39, 0.29) is 49.3 Å². The Kier molecular flexibility index (Phi) is 10.6. The summed E-state index contributed by atoms with van der Waals surface area (Å²) in [5, 5.41) is -0.0536. The van der Waals surface area contributed by atoms with E-state index in [1.54, 1.807) is 6.92 Å². The second kappa shape index (κ2) is 12.3. The largest absolute Gasteiger partial charge is 0.399 e. The van der Waals surface area contributed by atoms with Crippen molar-refractivity contribution in [2.75, 3.05) is 11.5 Å². The van der Waals surface area contributed by atoms with Crippen molar-refractivity contribution < 1.29 is 35.5 Å². The van der Waals surface area contributed by atoms with Gasteiger partial charge in [-0.25, -0.2) is 4.39 Å². The molecule has 0 aliphatic heterocycles. The molecule has 0 spiro atoms. The maximum atomic E-state index is 14.8. The molecule has 2 aromatic carbocycles. The van der Waals surface area contributed by atoms with Gasteiger partial charge >= 0.3 is 12.4 Å². The van der Waals surface area contributed by atoms with Crippen molar-refractivity contribution in [2.24, 2.45) is 5.92 Å². The van der Waals surface area contributed by atoms with Gasteiger partial charge in [0.25, 0.3) is 0 Å². The van der Waals surface area contributed by atoms with Crippen molar-refractivity contribution in [3.8, 4) is 0 Å². The molecule has 2 rings (SSSR count). The van der Waals surface area contributed by atoms with Gasteiger partial charge < -0.3 is 0 Å². The van der Waals surface area contributed by atoms with Crippen LogP contribution in [-0.4, -0.2) is 29.6 Å². The van der Waals surface area contributed by atoms with Crippen molar-refractivity contribution in [1.29, 1.82) is 0 Å². The maximum absolute atomic E-state index is 14.8. The zero-order valence-electron chi connectivity index (χ0n) is 17.9. The summed E-state index contributed by atoms with van der Waals surface area (Å²) in [6.45, 7) is 1.63. The molecule has 0 saturated heterocycles. The van der Waals surface area contributed by atoms with E-state index < -0.39 is 35.6 Å². The number of halogens is 10. The second-order valence-corrected chi connectivity index (χ2v) is 10.5. The molecule has 1 unspecified atom stereocenters. The highest BCUT2D eigenvalue weighted by Gasteiger charge is 2.40. The Bertz CT molecular complexity index is 1090. The third-order valence-corrected chi connectivity index (χ3v) is 7.45. The molecule has 0 aliphatic rings. The zero-order chi connectivity index (χ0) is 26.6. The fourth-order valence-electron chi connectivity index (χ4n) is 3.08. The minimum absolute atomic E-state index is 0.0470. The second-order valence-electron chi connectivity index (χ2n) is 7.76. The van der Waals surface area contributed by atoms with Gasteiger partial charge in [0.15, 0.2) is 5.78 Å². The van der Waals surface area contributed by atoms with E-state index >= 15 is 0 Å². The number of Topliss-reactive ketones (excluding diaryl/α,β-unsaturated/α-hetero) is 1. The monoisotopic (exact) mass is 624 g/mol. The summed E-state index contributed by atoms with van der Waals surface area (Å²) in [6.07, 6.45) is -8.75. The molecule has 12 heteroatoms. The highest BCUT2D eigenvalue weighted by molar-refractivity contribution is 9.10. The molecule has 0 radical (unpaired) electrons. The molecule has 192 valence electrons. The first-order chi connectivity index (χ1) is 16.1. The standard InChI is InChI=1S/C23H18BrCl2F7OS/c1-12(10-35-11-22(28,29)30)6-21(34)15-4-2-14(7-17(15)24)20(27)9-16(23(31,32)33)13-3-5-18(25)19(26)8-13/h2-5,7-9,12,16H,6,10-11H2,1H3/b20-9-/t12-,16?/m0/s1. The number of alkyl halides is 6. The normalized spacial score (nSPS) is 14.7. The minimum atomic E-state index is -4.82. The van der Waals surface area contributed by atoms with E-state index in [4.69, 9.17) is 23.2 Å². The molecule has 0 N–H and O–H groups in total. The summed E-state index contributed by atoms with van der Waals surface area (Å²) < 4.78 is 92.7. The number of ketones is 1. The van der Waals surface area contributed by atoms with E-state index in [0.29, 0.717) is 17.8 Å². The van der Waals surface area contributed by atoms with Crippen molar-refractivity contribution in [3.63, 3.8) is 0 Å². The molecule has 0 aliphatic carbocycles. The summed E-state index contributed by atoms with van der Waals surface area (Å²) in [5.41, 5.74) is -0.354. The minimum Gasteiger partial charge on any atom is -0.294 e. The number of thioether (sulfide) groups is 1. The van der Waals surface area contributed by atoms with Crippen molar-refractivity contribution in [3.05, 3.63) is 73.7 Å². The van der Waals surface area contributed by atoms with Crippen LogP contribution in [0.2, 0.25) is 10.0 Å². The number of benzene rings is 2. The van der Waals surface area contributed by atoms with Gasteiger partial charge in [-0.05, 0) is 47.6 Å². The van der Waals surface area contributed by atoms with Crippen molar-refractivity contribution >= 4 is 62.5 Å². The zero-order valence-corrected chi connectivity index (χ0v) is 21.8. The van der Waals surface area contributed by atoms with Crippen LogP contribution in [0.1, 0.15) is 40.7 Å². The van der Waals surface area contributed by atoms with E-state index in [1.807, 2.05) is 0 Å². The van der Waals surface area contributed by atoms with Crippen LogP contribution in [-0.2, 0) is 0 Å². The Hall–Kier alpha value is -1.23. The number of carbonyl (C=O) groups excluding carboxylic acids is 1. The molecule has 0 bridgehead atoms. The molecule has 0 saturated carbocycles. The Morgan fingerprint density at radius 2 is 1.71 bits per heavy atom. The molecule has 2 atom stereocenters. The predicted molar refractivity (Wildman–Crippen MR) is 130 cm³/mol. The average Bonchev–Trinajstić information content (AvgIpc) is 2.71.